The molecule has 1 aliphatic carbocycles. The summed E-state index contributed by atoms with van der Waals surface area (Å²) in [5, 5.41) is 18.2. The van der Waals surface area contributed by atoms with E-state index in [2.05, 4.69) is 0 Å². The van der Waals surface area contributed by atoms with Gasteiger partial charge in [-0.1, -0.05) is 18.2 Å². The van der Waals surface area contributed by atoms with Gasteiger partial charge in [0.1, 0.15) is 0 Å². The van der Waals surface area contributed by atoms with E-state index in [1.54, 1.807) is 30.3 Å². The van der Waals surface area contributed by atoms with E-state index in [0.29, 0.717) is 6.42 Å². The summed E-state index contributed by atoms with van der Waals surface area (Å²) in [6, 6.07) is 10.1. The molecule has 1 aliphatic rings. The maximum Gasteiger partial charge on any atom is 0.335 e. The van der Waals surface area contributed by atoms with E-state index in [1.165, 1.54) is 0 Å². The lowest BCUT2D eigenvalue weighted by molar-refractivity contribution is 0.0685. The zero-order valence-electron chi connectivity index (χ0n) is 9.88. The summed E-state index contributed by atoms with van der Waals surface area (Å²) < 4.78 is 0. The Morgan fingerprint density at radius 2 is 1.74 bits per heavy atom. The minimum atomic E-state index is -0.975. The molecule has 0 fully saturated rings. The lowest BCUT2D eigenvalue weighted by atomic mass is 10.0. The van der Waals surface area contributed by atoms with Crippen LogP contribution in [0.3, 0.4) is 0 Å². The molecule has 0 aromatic heterocycles. The minimum Gasteiger partial charge on any atom is -0.478 e. The van der Waals surface area contributed by atoms with E-state index >= 15 is 0 Å². The summed E-state index contributed by atoms with van der Waals surface area (Å²) in [5.74, 6) is -1.93. The van der Waals surface area contributed by atoms with E-state index in [4.69, 9.17) is 5.11 Å². The summed E-state index contributed by atoms with van der Waals surface area (Å²) in [6.45, 7) is 0. The van der Waals surface area contributed by atoms with Crippen molar-refractivity contribution < 1.29 is 19.8 Å². The predicted octanol–water partition coefficient (Wildman–Crippen LogP) is 2.65. The summed E-state index contributed by atoms with van der Waals surface area (Å²) in [4.78, 5) is 22.1. The highest BCUT2D eigenvalue weighted by Crippen LogP contribution is 2.38. The van der Waals surface area contributed by atoms with Crippen LogP contribution in [0, 0.1) is 0 Å². The first kappa shape index (κ1) is 11.5. The maximum absolute atomic E-state index is 11.2. The summed E-state index contributed by atoms with van der Waals surface area (Å²) in [7, 11) is 0. The van der Waals surface area contributed by atoms with Crippen LogP contribution in [0.4, 0.5) is 0 Å². The highest BCUT2D eigenvalue weighted by molar-refractivity contribution is 5.95. The number of fused-ring (bicyclic) bond motifs is 3. The van der Waals surface area contributed by atoms with Crippen molar-refractivity contribution in [3.05, 3.63) is 58.7 Å². The average Bonchev–Trinajstić information content (AvgIpc) is 2.75. The molecule has 0 heterocycles. The molecule has 0 unspecified atom stereocenters. The van der Waals surface area contributed by atoms with Crippen molar-refractivity contribution in [1.82, 2.24) is 0 Å². The quantitative estimate of drug-likeness (QED) is 0.737. The third-order valence-corrected chi connectivity index (χ3v) is 3.42. The Morgan fingerprint density at radius 3 is 2.42 bits per heavy atom. The minimum absolute atomic E-state index is 0.225. The van der Waals surface area contributed by atoms with Crippen LogP contribution >= 0.6 is 0 Å². The number of hydrogen-bond acceptors (Lipinski definition) is 2. The maximum atomic E-state index is 11.2. The molecule has 4 heteroatoms. The number of carbonyl (C=O) groups is 2. The second kappa shape index (κ2) is 3.95. The third-order valence-electron chi connectivity index (χ3n) is 3.42. The average molecular weight is 254 g/mol. The van der Waals surface area contributed by atoms with E-state index < -0.39 is 11.9 Å². The molecule has 0 saturated carbocycles. The number of benzene rings is 2. The van der Waals surface area contributed by atoms with Gasteiger partial charge >= 0.3 is 11.9 Å². The Balaban J connectivity index is 2.18. The summed E-state index contributed by atoms with van der Waals surface area (Å²) in [6.07, 6.45) is 0.467. The fraction of sp³-hybridized carbons (Fsp3) is 0.0667. The molecule has 0 atom stereocenters. The van der Waals surface area contributed by atoms with Crippen LogP contribution in [0.2, 0.25) is 0 Å². The van der Waals surface area contributed by atoms with Crippen LogP contribution in [0.25, 0.3) is 11.1 Å². The Bertz CT molecular complexity index is 716. The molecule has 19 heavy (non-hydrogen) atoms. The summed E-state index contributed by atoms with van der Waals surface area (Å²) >= 11 is 0. The van der Waals surface area contributed by atoms with Crippen LogP contribution in [0.15, 0.2) is 36.4 Å². The van der Waals surface area contributed by atoms with Crippen molar-refractivity contribution in [3.8, 4) is 11.1 Å². The van der Waals surface area contributed by atoms with Crippen molar-refractivity contribution in [2.45, 2.75) is 6.42 Å². The smallest absolute Gasteiger partial charge is 0.335 e. The molecule has 0 aliphatic heterocycles. The van der Waals surface area contributed by atoms with Crippen LogP contribution in [-0.2, 0) is 6.42 Å². The van der Waals surface area contributed by atoms with Gasteiger partial charge in [-0.3, -0.25) is 0 Å². The van der Waals surface area contributed by atoms with Crippen LogP contribution in [-0.4, -0.2) is 22.2 Å². The lowest BCUT2D eigenvalue weighted by Gasteiger charge is -2.03. The predicted molar refractivity (Wildman–Crippen MR) is 68.6 cm³/mol. The van der Waals surface area contributed by atoms with Crippen molar-refractivity contribution in [2.75, 3.05) is 0 Å². The molecule has 4 nitrogen and oxygen atoms in total. The van der Waals surface area contributed by atoms with Crippen LogP contribution < -0.4 is 0 Å². The largest absolute Gasteiger partial charge is 0.478 e. The van der Waals surface area contributed by atoms with Crippen LogP contribution in [0.5, 0.6) is 0 Å². The second-order valence-corrected chi connectivity index (χ2v) is 4.49. The zero-order chi connectivity index (χ0) is 13.6. The number of carboxylic acids is 2. The topological polar surface area (TPSA) is 74.6 Å². The Kier molecular flexibility index (Phi) is 2.38. The van der Waals surface area contributed by atoms with Crippen molar-refractivity contribution >= 4 is 11.9 Å². The van der Waals surface area contributed by atoms with Gasteiger partial charge in [-0.05, 0) is 46.9 Å². The molecule has 0 radical (unpaired) electrons. The molecule has 2 N–H and O–H groups in total. The van der Waals surface area contributed by atoms with Gasteiger partial charge in [0.05, 0.1) is 11.1 Å². The second-order valence-electron chi connectivity index (χ2n) is 4.49. The molecular weight excluding hydrogens is 244 g/mol. The highest BCUT2D eigenvalue weighted by Gasteiger charge is 2.24. The molecule has 3 rings (SSSR count). The number of aromatic carboxylic acids is 2. The fourth-order valence-corrected chi connectivity index (χ4v) is 2.56. The monoisotopic (exact) mass is 254 g/mol. The zero-order valence-corrected chi connectivity index (χ0v) is 9.88. The number of rotatable bonds is 2. The van der Waals surface area contributed by atoms with Crippen LogP contribution in [0.1, 0.15) is 31.8 Å². The molecular formula is C15H10O4. The summed E-state index contributed by atoms with van der Waals surface area (Å²) in [5.41, 5.74) is 3.93. The van der Waals surface area contributed by atoms with Gasteiger partial charge in [0.25, 0.3) is 0 Å². The molecule has 94 valence electrons. The molecule has 0 amide bonds. The third kappa shape index (κ3) is 1.69. The first-order valence-electron chi connectivity index (χ1n) is 5.79. The lowest BCUT2D eigenvalue weighted by Crippen LogP contribution is -2.01. The molecule has 0 spiro atoms. The number of hydrogen-bond donors (Lipinski definition) is 2. The van der Waals surface area contributed by atoms with Gasteiger partial charge in [-0.2, -0.15) is 0 Å². The normalized spacial score (nSPS) is 11.8. The van der Waals surface area contributed by atoms with Crippen molar-refractivity contribution in [1.29, 1.82) is 0 Å². The van der Waals surface area contributed by atoms with Gasteiger partial charge in [0.15, 0.2) is 0 Å². The van der Waals surface area contributed by atoms with E-state index in [-0.39, 0.29) is 11.1 Å². The Labute approximate surface area is 108 Å². The van der Waals surface area contributed by atoms with Gasteiger partial charge in [0.2, 0.25) is 0 Å². The first-order valence-corrected chi connectivity index (χ1v) is 5.79. The Morgan fingerprint density at radius 1 is 0.947 bits per heavy atom. The molecule has 0 bridgehead atoms. The van der Waals surface area contributed by atoms with E-state index in [0.717, 1.165) is 22.3 Å². The molecule has 0 saturated heterocycles. The SMILES string of the molecule is O=C(O)c1ccc2c(c1)Cc1c(C(=O)O)cccc1-2. The van der Waals surface area contributed by atoms with Gasteiger partial charge in [-0.25, -0.2) is 9.59 Å². The van der Waals surface area contributed by atoms with E-state index in [9.17, 15) is 14.7 Å². The van der Waals surface area contributed by atoms with E-state index in [1.807, 2.05) is 6.07 Å². The van der Waals surface area contributed by atoms with Gasteiger partial charge in [0, 0.05) is 0 Å². The number of carboxylic acid groups (broad SMARTS) is 2. The van der Waals surface area contributed by atoms with Gasteiger partial charge in [-0.15, -0.1) is 0 Å². The van der Waals surface area contributed by atoms with Crippen molar-refractivity contribution in [2.24, 2.45) is 0 Å². The molecule has 2 aromatic carbocycles. The standard InChI is InChI=1S/C15H10O4/c16-14(17)8-4-5-10-9(6-8)7-13-11(10)2-1-3-12(13)15(18)19/h1-6H,7H2,(H,16,17)(H,18,19). The highest BCUT2D eigenvalue weighted by atomic mass is 16.4. The fourth-order valence-electron chi connectivity index (χ4n) is 2.56. The molecule has 2 aromatic rings. The van der Waals surface area contributed by atoms with Gasteiger partial charge < -0.3 is 10.2 Å². The van der Waals surface area contributed by atoms with Crippen molar-refractivity contribution in [3.63, 3.8) is 0 Å². The Hall–Kier alpha value is -2.62. The first-order chi connectivity index (χ1) is 9.08.